The molecule has 0 fully saturated rings. The summed E-state index contributed by atoms with van der Waals surface area (Å²) in [4.78, 5) is 1.32. The minimum atomic E-state index is 0.195. The highest BCUT2D eigenvalue weighted by atomic mass is 32.1. The Labute approximate surface area is 106 Å². The van der Waals surface area contributed by atoms with E-state index in [1.54, 1.807) is 11.3 Å². The highest BCUT2D eigenvalue weighted by molar-refractivity contribution is 7.10. The van der Waals surface area contributed by atoms with Gasteiger partial charge in [0.05, 0.1) is 6.04 Å². The van der Waals surface area contributed by atoms with Gasteiger partial charge in [-0.2, -0.15) is 0 Å². The smallest absolute Gasteiger partial charge is 0.0508 e. The van der Waals surface area contributed by atoms with Crippen LogP contribution in [0.25, 0.3) is 0 Å². The lowest BCUT2D eigenvalue weighted by Crippen LogP contribution is -2.29. The van der Waals surface area contributed by atoms with Gasteiger partial charge in [0.1, 0.15) is 0 Å². The van der Waals surface area contributed by atoms with Crippen LogP contribution in [0.1, 0.15) is 27.6 Å². The zero-order valence-electron chi connectivity index (χ0n) is 10.2. The predicted octanol–water partition coefficient (Wildman–Crippen LogP) is 3.11. The highest BCUT2D eigenvalue weighted by Crippen LogP contribution is 2.24. The van der Waals surface area contributed by atoms with E-state index >= 15 is 0 Å². The molecule has 0 aliphatic heterocycles. The summed E-state index contributed by atoms with van der Waals surface area (Å²) in [6.07, 6.45) is 0.930. The normalized spacial score (nSPS) is 12.6. The van der Waals surface area contributed by atoms with Gasteiger partial charge in [-0.25, -0.2) is 0 Å². The summed E-state index contributed by atoms with van der Waals surface area (Å²) >= 11 is 1.77. The molecule has 0 saturated heterocycles. The topological polar surface area (TPSA) is 38.0 Å². The number of hydrogen-bond donors (Lipinski definition) is 2. The van der Waals surface area contributed by atoms with Crippen LogP contribution in [0.2, 0.25) is 0 Å². The summed E-state index contributed by atoms with van der Waals surface area (Å²) < 4.78 is 0. The highest BCUT2D eigenvalue weighted by Gasteiger charge is 2.12. The molecule has 2 nitrogen and oxygen atoms in total. The lowest BCUT2D eigenvalue weighted by molar-refractivity contribution is 0.552. The van der Waals surface area contributed by atoms with Crippen molar-refractivity contribution in [2.75, 3.05) is 0 Å². The standard InChI is InChI=1S/C14H18N2S/c1-10-5-3-4-6-12(10)8-14(16-15)13-7-11(2)17-9-13/h3-7,9,14,16H,8,15H2,1-2H3. The van der Waals surface area contributed by atoms with Crippen LogP contribution >= 0.6 is 11.3 Å². The zero-order valence-corrected chi connectivity index (χ0v) is 11.1. The van der Waals surface area contributed by atoms with Crippen molar-refractivity contribution in [1.29, 1.82) is 0 Å². The molecule has 1 atom stereocenters. The van der Waals surface area contributed by atoms with Crippen LogP contribution in [0, 0.1) is 13.8 Å². The molecule has 0 aliphatic carbocycles. The zero-order chi connectivity index (χ0) is 12.3. The Morgan fingerprint density at radius 1 is 1.29 bits per heavy atom. The third-order valence-electron chi connectivity index (χ3n) is 3.04. The van der Waals surface area contributed by atoms with E-state index < -0.39 is 0 Å². The second-order valence-corrected chi connectivity index (χ2v) is 5.46. The quantitative estimate of drug-likeness (QED) is 0.642. The Bertz CT molecular complexity index is 490. The Kier molecular flexibility index (Phi) is 3.94. The van der Waals surface area contributed by atoms with E-state index in [0.717, 1.165) is 6.42 Å². The average molecular weight is 246 g/mol. The number of nitrogens with one attached hydrogen (secondary N) is 1. The summed E-state index contributed by atoms with van der Waals surface area (Å²) in [6, 6.07) is 10.8. The summed E-state index contributed by atoms with van der Waals surface area (Å²) in [7, 11) is 0. The third-order valence-corrected chi connectivity index (χ3v) is 3.92. The molecule has 3 N–H and O–H groups in total. The molecule has 2 rings (SSSR count). The fourth-order valence-corrected chi connectivity index (χ4v) is 2.74. The fourth-order valence-electron chi connectivity index (χ4n) is 1.98. The van der Waals surface area contributed by atoms with E-state index in [-0.39, 0.29) is 6.04 Å². The molecular weight excluding hydrogens is 228 g/mol. The number of rotatable bonds is 4. The molecule has 1 aromatic carbocycles. The molecular formula is C14H18N2S. The van der Waals surface area contributed by atoms with E-state index in [9.17, 15) is 0 Å². The minimum absolute atomic E-state index is 0.195. The molecule has 1 heterocycles. The van der Waals surface area contributed by atoms with Crippen LogP contribution in [0.5, 0.6) is 0 Å². The van der Waals surface area contributed by atoms with Crippen molar-refractivity contribution >= 4 is 11.3 Å². The molecule has 0 aliphatic rings. The van der Waals surface area contributed by atoms with Gasteiger partial charge in [0.25, 0.3) is 0 Å². The van der Waals surface area contributed by atoms with E-state index in [0.29, 0.717) is 0 Å². The Balaban J connectivity index is 2.18. The summed E-state index contributed by atoms with van der Waals surface area (Å²) in [5.41, 5.74) is 6.86. The predicted molar refractivity (Wildman–Crippen MR) is 74.0 cm³/mol. The molecule has 3 heteroatoms. The number of aryl methyl sites for hydroxylation is 2. The Morgan fingerprint density at radius 3 is 2.65 bits per heavy atom. The van der Waals surface area contributed by atoms with Crippen LogP contribution in [-0.4, -0.2) is 0 Å². The van der Waals surface area contributed by atoms with Crippen molar-refractivity contribution in [2.45, 2.75) is 26.3 Å². The van der Waals surface area contributed by atoms with Crippen molar-refractivity contribution in [1.82, 2.24) is 5.43 Å². The largest absolute Gasteiger partial charge is 0.271 e. The maximum Gasteiger partial charge on any atom is 0.0508 e. The van der Waals surface area contributed by atoms with Gasteiger partial charge in [-0.1, -0.05) is 24.3 Å². The third kappa shape index (κ3) is 2.94. The molecule has 0 amide bonds. The number of benzene rings is 1. The van der Waals surface area contributed by atoms with E-state index in [1.807, 2.05) is 0 Å². The van der Waals surface area contributed by atoms with Crippen LogP contribution < -0.4 is 11.3 Å². The van der Waals surface area contributed by atoms with Gasteiger partial charge in [-0.3, -0.25) is 11.3 Å². The Morgan fingerprint density at radius 2 is 2.06 bits per heavy atom. The first-order chi connectivity index (χ1) is 8.20. The average Bonchev–Trinajstić information content (AvgIpc) is 2.75. The first kappa shape index (κ1) is 12.3. The minimum Gasteiger partial charge on any atom is -0.271 e. The van der Waals surface area contributed by atoms with Gasteiger partial charge >= 0.3 is 0 Å². The van der Waals surface area contributed by atoms with Crippen LogP contribution in [0.3, 0.4) is 0 Å². The molecule has 90 valence electrons. The van der Waals surface area contributed by atoms with Gasteiger partial charge in [-0.05, 0) is 48.4 Å². The molecule has 1 unspecified atom stereocenters. The molecule has 0 bridgehead atoms. The van der Waals surface area contributed by atoms with Gasteiger partial charge < -0.3 is 0 Å². The molecule has 0 radical (unpaired) electrons. The monoisotopic (exact) mass is 246 g/mol. The van der Waals surface area contributed by atoms with Crippen LogP contribution in [0.15, 0.2) is 35.7 Å². The van der Waals surface area contributed by atoms with Gasteiger partial charge in [-0.15, -0.1) is 11.3 Å². The van der Waals surface area contributed by atoms with Gasteiger partial charge in [0.15, 0.2) is 0 Å². The van der Waals surface area contributed by atoms with Crippen molar-refractivity contribution in [3.05, 3.63) is 57.3 Å². The van der Waals surface area contributed by atoms with Gasteiger partial charge in [0, 0.05) is 4.88 Å². The summed E-state index contributed by atoms with van der Waals surface area (Å²) in [6.45, 7) is 4.26. The SMILES string of the molecule is Cc1cc(C(Cc2ccccc2C)NN)cs1. The summed E-state index contributed by atoms with van der Waals surface area (Å²) in [5, 5.41) is 2.18. The van der Waals surface area contributed by atoms with Crippen molar-refractivity contribution < 1.29 is 0 Å². The van der Waals surface area contributed by atoms with Crippen LogP contribution in [0.4, 0.5) is 0 Å². The Hall–Kier alpha value is -1.16. The second-order valence-electron chi connectivity index (χ2n) is 4.34. The first-order valence-corrected chi connectivity index (χ1v) is 6.64. The summed E-state index contributed by atoms with van der Waals surface area (Å²) in [5.74, 6) is 5.67. The molecule has 17 heavy (non-hydrogen) atoms. The lowest BCUT2D eigenvalue weighted by Gasteiger charge is -2.16. The van der Waals surface area contributed by atoms with Crippen LogP contribution in [-0.2, 0) is 6.42 Å². The first-order valence-electron chi connectivity index (χ1n) is 5.76. The molecule has 0 saturated carbocycles. The number of hydrogen-bond acceptors (Lipinski definition) is 3. The maximum atomic E-state index is 5.67. The maximum absolute atomic E-state index is 5.67. The van der Waals surface area contributed by atoms with Crippen molar-refractivity contribution in [3.63, 3.8) is 0 Å². The molecule has 1 aromatic heterocycles. The second kappa shape index (κ2) is 5.45. The lowest BCUT2D eigenvalue weighted by atomic mass is 9.98. The van der Waals surface area contributed by atoms with Crippen molar-refractivity contribution in [3.8, 4) is 0 Å². The molecule has 2 aromatic rings. The molecule has 0 spiro atoms. The van der Waals surface area contributed by atoms with E-state index in [2.05, 4.69) is 55.0 Å². The number of nitrogens with two attached hydrogens (primary N) is 1. The number of thiophene rings is 1. The van der Waals surface area contributed by atoms with E-state index in [4.69, 9.17) is 5.84 Å². The van der Waals surface area contributed by atoms with Crippen molar-refractivity contribution in [2.24, 2.45) is 5.84 Å². The number of hydrazine groups is 1. The van der Waals surface area contributed by atoms with Gasteiger partial charge in [0.2, 0.25) is 0 Å². The fraction of sp³-hybridized carbons (Fsp3) is 0.286. The van der Waals surface area contributed by atoms with E-state index in [1.165, 1.54) is 21.6 Å².